The minimum atomic E-state index is -0.291. The Kier molecular flexibility index (Phi) is 4.01. The van der Waals surface area contributed by atoms with E-state index >= 15 is 0 Å². The van der Waals surface area contributed by atoms with Crippen molar-refractivity contribution in [3.8, 4) is 5.75 Å². The Morgan fingerprint density at radius 1 is 1.57 bits per heavy atom. The Morgan fingerprint density at radius 3 is 2.64 bits per heavy atom. The monoisotopic (exact) mass is 274 g/mol. The quantitative estimate of drug-likeness (QED) is 0.678. The van der Waals surface area contributed by atoms with Gasteiger partial charge in [-0.15, -0.1) is 12.6 Å². The maximum atomic E-state index is 11.1. The number of ether oxygens (including phenoxy) is 1. The Labute approximate surface area is 97.2 Å². The van der Waals surface area contributed by atoms with Crippen LogP contribution >= 0.6 is 28.6 Å². The summed E-state index contributed by atoms with van der Waals surface area (Å²) in [6.45, 7) is 1.54. The molecule has 0 aliphatic carbocycles. The molecule has 0 aromatic heterocycles. The molecule has 0 amide bonds. The van der Waals surface area contributed by atoms with Gasteiger partial charge in [-0.3, -0.25) is 4.79 Å². The number of halogens is 1. The molecule has 1 aromatic carbocycles. The van der Waals surface area contributed by atoms with Gasteiger partial charge in [0.2, 0.25) is 0 Å². The van der Waals surface area contributed by atoms with Crippen molar-refractivity contribution in [3.63, 3.8) is 0 Å². The van der Waals surface area contributed by atoms with Crippen molar-refractivity contribution >= 4 is 34.3 Å². The number of alkyl halides is 1. The van der Waals surface area contributed by atoms with Gasteiger partial charge in [0.05, 0.1) is 11.9 Å². The second-order valence-corrected chi connectivity index (χ2v) is 4.30. The molecule has 0 saturated heterocycles. The van der Waals surface area contributed by atoms with Gasteiger partial charge in [-0.1, -0.05) is 22.0 Å². The molecule has 1 aromatic rings. The predicted molar refractivity (Wildman–Crippen MR) is 62.6 cm³/mol. The van der Waals surface area contributed by atoms with Crippen LogP contribution in [0.3, 0.4) is 0 Å². The van der Waals surface area contributed by atoms with Gasteiger partial charge in [0.25, 0.3) is 0 Å². The van der Waals surface area contributed by atoms with Crippen LogP contribution in [0.2, 0.25) is 0 Å². The minimum Gasteiger partial charge on any atom is -0.497 e. The van der Waals surface area contributed by atoms with Crippen molar-refractivity contribution in [3.05, 3.63) is 23.8 Å². The van der Waals surface area contributed by atoms with E-state index in [1.54, 1.807) is 13.2 Å². The van der Waals surface area contributed by atoms with E-state index in [0.29, 0.717) is 0 Å². The normalized spacial score (nSPS) is 12.3. The smallest absolute Gasteiger partial charge is 0.147 e. The van der Waals surface area contributed by atoms with Crippen molar-refractivity contribution in [2.75, 3.05) is 7.11 Å². The zero-order valence-corrected chi connectivity index (χ0v) is 10.4. The van der Waals surface area contributed by atoms with Gasteiger partial charge in [0.1, 0.15) is 11.5 Å². The zero-order valence-electron chi connectivity index (χ0n) is 7.95. The number of Topliss-reactive ketones (excluding diaryl/α,β-unsaturated/α-hetero) is 1. The Balaban J connectivity index is 3.05. The number of carbonyl (C=O) groups excluding carboxylic acids is 1. The first-order valence-corrected chi connectivity index (χ1v) is 5.44. The average Bonchev–Trinajstić information content (AvgIpc) is 2.16. The molecule has 1 unspecified atom stereocenters. The molecule has 0 N–H and O–H groups in total. The SMILES string of the molecule is COc1ccc(C(Br)C(C)=O)c(S)c1. The number of hydrogen-bond donors (Lipinski definition) is 1. The van der Waals surface area contributed by atoms with Crippen LogP contribution in [0.25, 0.3) is 0 Å². The van der Waals surface area contributed by atoms with Crippen LogP contribution in [0.1, 0.15) is 17.3 Å². The number of rotatable bonds is 3. The maximum Gasteiger partial charge on any atom is 0.147 e. The van der Waals surface area contributed by atoms with Crippen molar-refractivity contribution in [2.45, 2.75) is 16.6 Å². The first-order chi connectivity index (χ1) is 6.56. The van der Waals surface area contributed by atoms with E-state index in [1.165, 1.54) is 6.92 Å². The highest BCUT2D eigenvalue weighted by molar-refractivity contribution is 9.09. The highest BCUT2D eigenvalue weighted by Gasteiger charge is 2.15. The fraction of sp³-hybridized carbons (Fsp3) is 0.300. The van der Waals surface area contributed by atoms with Crippen LogP contribution in [0, 0.1) is 0 Å². The summed E-state index contributed by atoms with van der Waals surface area (Å²) in [6, 6.07) is 5.43. The van der Waals surface area contributed by atoms with Crippen molar-refractivity contribution in [1.82, 2.24) is 0 Å². The fourth-order valence-corrected chi connectivity index (χ4v) is 1.99. The van der Waals surface area contributed by atoms with Crippen molar-refractivity contribution < 1.29 is 9.53 Å². The second kappa shape index (κ2) is 4.84. The van der Waals surface area contributed by atoms with Gasteiger partial charge < -0.3 is 4.74 Å². The topological polar surface area (TPSA) is 26.3 Å². The number of ketones is 1. The van der Waals surface area contributed by atoms with E-state index in [2.05, 4.69) is 28.6 Å². The van der Waals surface area contributed by atoms with E-state index in [9.17, 15) is 4.79 Å². The lowest BCUT2D eigenvalue weighted by atomic mass is 10.1. The van der Waals surface area contributed by atoms with Gasteiger partial charge in [-0.2, -0.15) is 0 Å². The molecule has 0 aliphatic heterocycles. The molecule has 2 nitrogen and oxygen atoms in total. The Bertz CT molecular complexity index is 352. The van der Waals surface area contributed by atoms with Crippen LogP contribution in [-0.4, -0.2) is 12.9 Å². The summed E-state index contributed by atoms with van der Waals surface area (Å²) in [5, 5.41) is 0. The number of thiol groups is 1. The van der Waals surface area contributed by atoms with Gasteiger partial charge in [0.15, 0.2) is 0 Å². The molecule has 0 spiro atoms. The molecular weight excluding hydrogens is 264 g/mol. The highest BCUT2D eigenvalue weighted by Crippen LogP contribution is 2.31. The van der Waals surface area contributed by atoms with Crippen molar-refractivity contribution in [1.29, 1.82) is 0 Å². The first kappa shape index (κ1) is 11.6. The molecule has 0 heterocycles. The second-order valence-electron chi connectivity index (χ2n) is 2.90. The van der Waals surface area contributed by atoms with Crippen molar-refractivity contribution in [2.24, 2.45) is 0 Å². The number of benzene rings is 1. The van der Waals surface area contributed by atoms with E-state index in [0.717, 1.165) is 16.2 Å². The predicted octanol–water partition coefficient (Wildman–Crippen LogP) is 3.01. The third kappa shape index (κ3) is 2.51. The van der Waals surface area contributed by atoms with Crippen LogP contribution in [0.4, 0.5) is 0 Å². The molecule has 0 aliphatic rings. The lowest BCUT2D eigenvalue weighted by Gasteiger charge is -2.10. The molecule has 1 rings (SSSR count). The summed E-state index contributed by atoms with van der Waals surface area (Å²) >= 11 is 7.60. The summed E-state index contributed by atoms with van der Waals surface area (Å²) in [4.78, 5) is 11.6. The van der Waals surface area contributed by atoms with Gasteiger partial charge in [-0.25, -0.2) is 0 Å². The molecule has 0 bridgehead atoms. The van der Waals surface area contributed by atoms with Crippen LogP contribution in [-0.2, 0) is 4.79 Å². The van der Waals surface area contributed by atoms with Crippen LogP contribution < -0.4 is 4.74 Å². The lowest BCUT2D eigenvalue weighted by molar-refractivity contribution is -0.116. The maximum absolute atomic E-state index is 11.1. The average molecular weight is 275 g/mol. The van der Waals surface area contributed by atoms with Crippen LogP contribution in [0.15, 0.2) is 23.1 Å². The van der Waals surface area contributed by atoms with Gasteiger partial charge >= 0.3 is 0 Å². The Hall–Kier alpha value is -0.480. The van der Waals surface area contributed by atoms with Crippen LogP contribution in [0.5, 0.6) is 5.75 Å². The number of methoxy groups -OCH3 is 1. The summed E-state index contributed by atoms with van der Waals surface area (Å²) in [5.74, 6) is 0.799. The van der Waals surface area contributed by atoms with E-state index in [1.807, 2.05) is 12.1 Å². The summed E-state index contributed by atoms with van der Waals surface area (Å²) < 4.78 is 5.04. The van der Waals surface area contributed by atoms with E-state index in [4.69, 9.17) is 4.74 Å². The molecule has 0 saturated carbocycles. The summed E-state index contributed by atoms with van der Waals surface area (Å²) in [5.41, 5.74) is 0.863. The third-order valence-corrected chi connectivity index (χ3v) is 3.39. The van der Waals surface area contributed by atoms with Gasteiger partial charge in [-0.05, 0) is 24.6 Å². The minimum absolute atomic E-state index is 0.0606. The fourth-order valence-electron chi connectivity index (χ4n) is 1.08. The van der Waals surface area contributed by atoms with E-state index in [-0.39, 0.29) is 10.6 Å². The molecule has 76 valence electrons. The molecule has 4 heteroatoms. The molecule has 0 radical (unpaired) electrons. The zero-order chi connectivity index (χ0) is 10.7. The van der Waals surface area contributed by atoms with Gasteiger partial charge in [0, 0.05) is 4.90 Å². The standard InChI is InChI=1S/C10H11BrO2S/c1-6(12)10(11)8-4-3-7(13-2)5-9(8)14/h3-5,10,14H,1-2H3. The molecular formula is C10H11BrO2S. The summed E-state index contributed by atoms with van der Waals surface area (Å²) in [7, 11) is 1.60. The number of hydrogen-bond acceptors (Lipinski definition) is 3. The molecule has 1 atom stereocenters. The molecule has 14 heavy (non-hydrogen) atoms. The Morgan fingerprint density at radius 2 is 2.21 bits per heavy atom. The first-order valence-electron chi connectivity index (χ1n) is 4.07. The largest absolute Gasteiger partial charge is 0.497 e. The third-order valence-electron chi connectivity index (χ3n) is 1.87. The summed E-state index contributed by atoms with van der Waals surface area (Å²) in [6.07, 6.45) is 0. The molecule has 0 fully saturated rings. The number of carbonyl (C=O) groups is 1. The lowest BCUT2D eigenvalue weighted by Crippen LogP contribution is -2.02. The van der Waals surface area contributed by atoms with E-state index < -0.39 is 0 Å². The highest BCUT2D eigenvalue weighted by atomic mass is 79.9.